The average Bonchev–Trinajstić information content (AvgIpc) is 2.69. The monoisotopic (exact) mass is 452 g/mol. The molecule has 0 rings (SSSR count). The largest absolute Gasteiger partial charge is 0.312 e. The van der Waals surface area contributed by atoms with Crippen LogP contribution in [0.4, 0.5) is 0 Å². The van der Waals surface area contributed by atoms with E-state index in [1.807, 2.05) is 0 Å². The zero-order valence-electron chi connectivity index (χ0n) is 23.6. The molecule has 0 aliphatic heterocycles. The van der Waals surface area contributed by atoms with E-state index in [2.05, 4.69) is 103 Å². The summed E-state index contributed by atoms with van der Waals surface area (Å²) in [5.74, 6) is 0. The first-order chi connectivity index (χ1) is 14.7. The summed E-state index contributed by atoms with van der Waals surface area (Å²) in [5.41, 5.74) is 0.920. The molecule has 0 aromatic rings. The summed E-state index contributed by atoms with van der Waals surface area (Å²) < 4.78 is 0. The Kier molecular flexibility index (Phi) is 15.3. The van der Waals surface area contributed by atoms with E-state index in [1.54, 1.807) is 0 Å². The van der Waals surface area contributed by atoms with Crippen molar-refractivity contribution in [2.75, 3.05) is 26.2 Å². The molecule has 4 heteroatoms. The van der Waals surface area contributed by atoms with E-state index in [1.165, 1.54) is 51.4 Å². The number of nitrogens with one attached hydrogen (secondary N) is 4. The molecule has 0 aliphatic carbocycles. The summed E-state index contributed by atoms with van der Waals surface area (Å²) in [6.07, 6.45) is 14.3. The lowest BCUT2D eigenvalue weighted by molar-refractivity contribution is 0.340. The van der Waals surface area contributed by atoms with E-state index < -0.39 is 0 Å². The fourth-order valence-electron chi connectivity index (χ4n) is 3.50. The van der Waals surface area contributed by atoms with Gasteiger partial charge in [-0.1, -0.05) is 38.8 Å². The number of unbranched alkanes of at least 4 members (excludes halogenated alkanes) is 2. The van der Waals surface area contributed by atoms with Crippen molar-refractivity contribution in [3.8, 4) is 0 Å². The SMILES string of the molecule is CCC(C)(C)NCCCCC(C)(C)NC/C=C/CNC(C)(C)CCCCNC(C)(C)CC. The van der Waals surface area contributed by atoms with Gasteiger partial charge in [0, 0.05) is 35.2 Å². The molecule has 192 valence electrons. The maximum absolute atomic E-state index is 3.70. The molecule has 0 spiro atoms. The third kappa shape index (κ3) is 18.1. The Labute approximate surface area is 202 Å². The van der Waals surface area contributed by atoms with Crippen LogP contribution in [-0.4, -0.2) is 48.3 Å². The van der Waals surface area contributed by atoms with Gasteiger partial charge in [0.25, 0.3) is 0 Å². The lowest BCUT2D eigenvalue weighted by Crippen LogP contribution is -2.41. The molecule has 0 bridgehead atoms. The fourth-order valence-corrected chi connectivity index (χ4v) is 3.50. The van der Waals surface area contributed by atoms with Crippen LogP contribution in [0, 0.1) is 0 Å². The van der Waals surface area contributed by atoms with E-state index in [0.29, 0.717) is 0 Å². The molecular formula is C28H60N4. The molecule has 32 heavy (non-hydrogen) atoms. The van der Waals surface area contributed by atoms with Crippen LogP contribution in [0.3, 0.4) is 0 Å². The predicted molar refractivity (Wildman–Crippen MR) is 146 cm³/mol. The van der Waals surface area contributed by atoms with Crippen LogP contribution in [0.15, 0.2) is 12.2 Å². The van der Waals surface area contributed by atoms with Gasteiger partial charge in [-0.15, -0.1) is 0 Å². The van der Waals surface area contributed by atoms with Crippen molar-refractivity contribution in [2.24, 2.45) is 0 Å². The summed E-state index contributed by atoms with van der Waals surface area (Å²) in [4.78, 5) is 0. The summed E-state index contributed by atoms with van der Waals surface area (Å²) in [6.45, 7) is 27.0. The lowest BCUT2D eigenvalue weighted by atomic mass is 9.96. The highest BCUT2D eigenvalue weighted by molar-refractivity contribution is 4.91. The minimum atomic E-state index is 0.192. The molecule has 0 saturated heterocycles. The first-order valence-corrected chi connectivity index (χ1v) is 13.4. The van der Waals surface area contributed by atoms with E-state index in [0.717, 1.165) is 26.2 Å². The molecule has 0 aromatic carbocycles. The molecule has 4 N–H and O–H groups in total. The Morgan fingerprint density at radius 2 is 0.812 bits per heavy atom. The number of rotatable bonds is 20. The molecule has 0 unspecified atom stereocenters. The summed E-state index contributed by atoms with van der Waals surface area (Å²) >= 11 is 0. The fraction of sp³-hybridized carbons (Fsp3) is 0.929. The van der Waals surface area contributed by atoms with Crippen molar-refractivity contribution in [2.45, 2.75) is 143 Å². The molecule has 0 aromatic heterocycles. The van der Waals surface area contributed by atoms with E-state index in [-0.39, 0.29) is 22.2 Å². The molecule has 0 amide bonds. The molecule has 0 heterocycles. The molecule has 0 aliphatic rings. The van der Waals surface area contributed by atoms with Gasteiger partial charge in [-0.25, -0.2) is 0 Å². The van der Waals surface area contributed by atoms with Crippen molar-refractivity contribution >= 4 is 0 Å². The Balaban J connectivity index is 3.88. The van der Waals surface area contributed by atoms with Crippen molar-refractivity contribution < 1.29 is 0 Å². The van der Waals surface area contributed by atoms with Gasteiger partial charge in [-0.2, -0.15) is 0 Å². The highest BCUT2D eigenvalue weighted by Gasteiger charge is 2.18. The molecule has 0 atom stereocenters. The molecule has 0 fully saturated rings. The molecule has 0 saturated carbocycles. The highest BCUT2D eigenvalue weighted by atomic mass is 15.0. The quantitative estimate of drug-likeness (QED) is 0.132. The van der Waals surface area contributed by atoms with E-state index >= 15 is 0 Å². The normalized spacial score (nSPS) is 13.9. The summed E-state index contributed by atoms with van der Waals surface area (Å²) in [5, 5.41) is 14.7. The van der Waals surface area contributed by atoms with Crippen molar-refractivity contribution in [3.63, 3.8) is 0 Å². The summed E-state index contributed by atoms with van der Waals surface area (Å²) in [7, 11) is 0. The maximum Gasteiger partial charge on any atom is 0.0140 e. The van der Waals surface area contributed by atoms with Crippen LogP contribution < -0.4 is 21.3 Å². The van der Waals surface area contributed by atoms with Crippen LogP contribution in [0.2, 0.25) is 0 Å². The minimum Gasteiger partial charge on any atom is -0.312 e. The third-order valence-electron chi connectivity index (χ3n) is 7.00. The van der Waals surface area contributed by atoms with E-state index in [4.69, 9.17) is 0 Å². The van der Waals surface area contributed by atoms with Gasteiger partial charge in [0.2, 0.25) is 0 Å². The van der Waals surface area contributed by atoms with Crippen LogP contribution in [0.5, 0.6) is 0 Å². The second-order valence-corrected chi connectivity index (χ2v) is 12.2. The maximum atomic E-state index is 3.70. The highest BCUT2D eigenvalue weighted by Crippen LogP contribution is 2.15. The van der Waals surface area contributed by atoms with Crippen molar-refractivity contribution in [1.29, 1.82) is 0 Å². The van der Waals surface area contributed by atoms with Gasteiger partial charge in [-0.3, -0.25) is 0 Å². The van der Waals surface area contributed by atoms with Gasteiger partial charge in [0.15, 0.2) is 0 Å². The van der Waals surface area contributed by atoms with Crippen LogP contribution in [-0.2, 0) is 0 Å². The zero-order chi connectivity index (χ0) is 24.7. The van der Waals surface area contributed by atoms with E-state index in [9.17, 15) is 0 Å². The Hall–Kier alpha value is -0.420. The van der Waals surface area contributed by atoms with Crippen molar-refractivity contribution in [1.82, 2.24) is 21.3 Å². The van der Waals surface area contributed by atoms with Crippen LogP contribution in [0.25, 0.3) is 0 Å². The van der Waals surface area contributed by atoms with Crippen LogP contribution >= 0.6 is 0 Å². The minimum absolute atomic E-state index is 0.192. The second-order valence-electron chi connectivity index (χ2n) is 12.2. The van der Waals surface area contributed by atoms with Crippen molar-refractivity contribution in [3.05, 3.63) is 12.2 Å². The topological polar surface area (TPSA) is 48.1 Å². The standard InChI is InChI=1S/C28H60N4/c1-11-25(3,4)29-21-15-13-19-27(7,8)31-23-17-18-24-32-28(9,10)20-14-16-22-30-26(5,6)12-2/h17-18,29-32H,11-16,19-24H2,1-10H3/b18-17+. The zero-order valence-corrected chi connectivity index (χ0v) is 23.6. The predicted octanol–water partition coefficient (Wildman–Crippen LogP) is 6.18. The number of hydrogen-bond donors (Lipinski definition) is 4. The van der Waals surface area contributed by atoms with Gasteiger partial charge >= 0.3 is 0 Å². The Morgan fingerprint density at radius 3 is 1.12 bits per heavy atom. The van der Waals surface area contributed by atoms with Gasteiger partial charge in [0.1, 0.15) is 0 Å². The molecular weight excluding hydrogens is 392 g/mol. The molecule has 4 nitrogen and oxygen atoms in total. The first-order valence-electron chi connectivity index (χ1n) is 13.4. The Bertz CT molecular complexity index is 448. The van der Waals surface area contributed by atoms with Crippen LogP contribution in [0.1, 0.15) is 121 Å². The molecule has 0 radical (unpaired) electrons. The lowest BCUT2D eigenvalue weighted by Gasteiger charge is -2.28. The Morgan fingerprint density at radius 1 is 0.469 bits per heavy atom. The first kappa shape index (κ1) is 31.6. The number of hydrogen-bond acceptors (Lipinski definition) is 4. The average molecular weight is 453 g/mol. The van der Waals surface area contributed by atoms with Gasteiger partial charge in [0.05, 0.1) is 0 Å². The van der Waals surface area contributed by atoms with Gasteiger partial charge < -0.3 is 21.3 Å². The third-order valence-corrected chi connectivity index (χ3v) is 7.00. The van der Waals surface area contributed by atoms with Gasteiger partial charge in [-0.05, 0) is 107 Å². The summed E-state index contributed by atoms with van der Waals surface area (Å²) in [6, 6.07) is 0. The second kappa shape index (κ2) is 15.5. The smallest absolute Gasteiger partial charge is 0.0140 e.